The Balaban J connectivity index is 3.22. The van der Waals surface area contributed by atoms with Crippen molar-refractivity contribution in [2.75, 3.05) is 13.6 Å². The standard InChI is InChI=1S/C4H9ClN/c1-3-6(2)4-5/h4H,3H2,1-2H3/q+1. The molecule has 0 aliphatic carbocycles. The molecule has 0 amide bonds. The summed E-state index contributed by atoms with van der Waals surface area (Å²) in [4.78, 5) is 0. The van der Waals surface area contributed by atoms with E-state index in [1.807, 2.05) is 18.5 Å². The minimum Gasteiger partial charge on any atom is -0.229 e. The van der Waals surface area contributed by atoms with Gasteiger partial charge in [-0.15, -0.1) is 0 Å². The van der Waals surface area contributed by atoms with Crippen LogP contribution in [0.1, 0.15) is 6.92 Å². The molecule has 0 saturated carbocycles. The topological polar surface area (TPSA) is 3.01 Å². The molecule has 0 aromatic carbocycles. The van der Waals surface area contributed by atoms with E-state index >= 15 is 0 Å². The number of hydrogen-bond donors (Lipinski definition) is 0. The first kappa shape index (κ1) is 5.96. The maximum atomic E-state index is 5.25. The second-order valence-corrected chi connectivity index (χ2v) is 1.37. The summed E-state index contributed by atoms with van der Waals surface area (Å²) in [5.74, 6) is 0. The molecule has 0 fully saturated rings. The van der Waals surface area contributed by atoms with Crippen LogP contribution in [-0.4, -0.2) is 23.8 Å². The molecule has 2 heteroatoms. The van der Waals surface area contributed by atoms with Gasteiger partial charge in [-0.3, -0.25) is 0 Å². The molecule has 0 N–H and O–H groups in total. The van der Waals surface area contributed by atoms with Crippen molar-refractivity contribution >= 4 is 17.3 Å². The van der Waals surface area contributed by atoms with E-state index in [-0.39, 0.29) is 0 Å². The molecule has 0 aromatic heterocycles. The van der Waals surface area contributed by atoms with Crippen LogP contribution in [-0.2, 0) is 0 Å². The van der Waals surface area contributed by atoms with Crippen LogP contribution in [0.15, 0.2) is 0 Å². The molecule has 0 aliphatic heterocycles. The van der Waals surface area contributed by atoms with E-state index in [0.717, 1.165) is 6.54 Å². The lowest BCUT2D eigenvalue weighted by Gasteiger charge is -1.80. The van der Waals surface area contributed by atoms with Crippen molar-refractivity contribution in [3.05, 3.63) is 0 Å². The van der Waals surface area contributed by atoms with Gasteiger partial charge in [0.25, 0.3) is 0 Å². The minimum absolute atomic E-state index is 0.976. The van der Waals surface area contributed by atoms with Gasteiger partial charge >= 0.3 is 0 Å². The van der Waals surface area contributed by atoms with E-state index in [0.29, 0.717) is 0 Å². The lowest BCUT2D eigenvalue weighted by Crippen LogP contribution is -2.01. The zero-order valence-electron chi connectivity index (χ0n) is 4.11. The summed E-state index contributed by atoms with van der Waals surface area (Å²) in [7, 11) is 1.92. The quantitative estimate of drug-likeness (QED) is 0.345. The van der Waals surface area contributed by atoms with E-state index in [1.54, 1.807) is 0 Å². The monoisotopic (exact) mass is 106 g/mol. The zero-order valence-corrected chi connectivity index (χ0v) is 4.87. The molecule has 36 valence electrons. The van der Waals surface area contributed by atoms with Gasteiger partial charge in [-0.25, -0.2) is 4.58 Å². The zero-order chi connectivity index (χ0) is 4.99. The first-order chi connectivity index (χ1) is 2.81. The molecule has 0 heterocycles. The number of hydrogen-bond acceptors (Lipinski definition) is 0. The second kappa shape index (κ2) is 3.16. The number of halogens is 1. The molecular weight excluding hydrogens is 97.5 g/mol. The normalized spacial score (nSPS) is 12.2. The van der Waals surface area contributed by atoms with Crippen LogP contribution < -0.4 is 0 Å². The summed E-state index contributed by atoms with van der Waals surface area (Å²) in [5, 5.41) is 0. The van der Waals surface area contributed by atoms with Gasteiger partial charge in [0.2, 0.25) is 5.67 Å². The van der Waals surface area contributed by atoms with Crippen molar-refractivity contribution in [2.24, 2.45) is 0 Å². The fourth-order valence-corrected chi connectivity index (χ4v) is 0.207. The summed E-state index contributed by atoms with van der Waals surface area (Å²) >= 11 is 5.25. The third-order valence-electron chi connectivity index (χ3n) is 0.665. The van der Waals surface area contributed by atoms with Gasteiger partial charge in [0.15, 0.2) is 0 Å². The van der Waals surface area contributed by atoms with Crippen molar-refractivity contribution in [3.8, 4) is 0 Å². The van der Waals surface area contributed by atoms with E-state index in [1.165, 1.54) is 5.67 Å². The van der Waals surface area contributed by atoms with Crippen molar-refractivity contribution in [1.82, 2.24) is 0 Å². The van der Waals surface area contributed by atoms with Crippen LogP contribution in [0.2, 0.25) is 0 Å². The lowest BCUT2D eigenvalue weighted by molar-refractivity contribution is -0.486. The van der Waals surface area contributed by atoms with E-state index < -0.39 is 0 Å². The highest BCUT2D eigenvalue weighted by Crippen LogP contribution is 1.64. The Morgan fingerprint density at radius 2 is 2.33 bits per heavy atom. The van der Waals surface area contributed by atoms with Gasteiger partial charge in [-0.1, -0.05) is 0 Å². The molecule has 0 saturated heterocycles. The van der Waals surface area contributed by atoms with Gasteiger partial charge in [0.05, 0.1) is 0 Å². The SMILES string of the molecule is CC[N+](C)=CCl. The molecular formula is C4H9ClN+. The van der Waals surface area contributed by atoms with Crippen LogP contribution in [0.25, 0.3) is 0 Å². The Bertz CT molecular complexity index is 58.6. The predicted molar refractivity (Wildman–Crippen MR) is 28.6 cm³/mol. The van der Waals surface area contributed by atoms with Gasteiger partial charge in [-0.05, 0) is 18.5 Å². The van der Waals surface area contributed by atoms with E-state index in [4.69, 9.17) is 11.6 Å². The molecule has 0 aliphatic rings. The van der Waals surface area contributed by atoms with Crippen molar-refractivity contribution in [3.63, 3.8) is 0 Å². The summed E-state index contributed by atoms with van der Waals surface area (Å²) < 4.78 is 1.89. The smallest absolute Gasteiger partial charge is 0.229 e. The first-order valence-corrected chi connectivity index (χ1v) is 2.38. The van der Waals surface area contributed by atoms with Crippen LogP contribution in [0.3, 0.4) is 0 Å². The molecule has 0 atom stereocenters. The van der Waals surface area contributed by atoms with Gasteiger partial charge in [0, 0.05) is 0 Å². The molecule has 0 spiro atoms. The lowest BCUT2D eigenvalue weighted by atomic mass is 10.7. The second-order valence-electron chi connectivity index (χ2n) is 1.17. The van der Waals surface area contributed by atoms with Crippen molar-refractivity contribution in [2.45, 2.75) is 6.92 Å². The first-order valence-electron chi connectivity index (χ1n) is 1.95. The summed E-state index contributed by atoms with van der Waals surface area (Å²) in [5.41, 5.74) is 1.53. The maximum Gasteiger partial charge on any atom is 0.232 e. The number of nitrogens with zero attached hydrogens (tertiary/aromatic N) is 1. The molecule has 6 heavy (non-hydrogen) atoms. The number of rotatable bonds is 1. The summed E-state index contributed by atoms with van der Waals surface area (Å²) in [6, 6.07) is 0. The van der Waals surface area contributed by atoms with Gasteiger partial charge in [-0.2, -0.15) is 0 Å². The Kier molecular flexibility index (Phi) is 3.14. The average Bonchev–Trinajstić information content (AvgIpc) is 1.65. The molecule has 0 rings (SSSR count). The maximum absolute atomic E-state index is 5.25. The van der Waals surface area contributed by atoms with Gasteiger partial charge < -0.3 is 0 Å². The van der Waals surface area contributed by atoms with E-state index in [9.17, 15) is 0 Å². The van der Waals surface area contributed by atoms with Crippen molar-refractivity contribution in [1.29, 1.82) is 0 Å². The highest BCUT2D eigenvalue weighted by Gasteiger charge is 1.79. The Morgan fingerprint density at radius 3 is 2.33 bits per heavy atom. The third kappa shape index (κ3) is 2.21. The average molecular weight is 107 g/mol. The molecule has 0 bridgehead atoms. The Morgan fingerprint density at radius 1 is 1.83 bits per heavy atom. The predicted octanol–water partition coefficient (Wildman–Crippen LogP) is 0.916. The molecule has 0 radical (unpaired) electrons. The summed E-state index contributed by atoms with van der Waals surface area (Å²) in [6.45, 7) is 3.02. The molecule has 1 nitrogen and oxygen atoms in total. The van der Waals surface area contributed by atoms with E-state index in [2.05, 4.69) is 0 Å². The van der Waals surface area contributed by atoms with Crippen LogP contribution >= 0.6 is 11.6 Å². The van der Waals surface area contributed by atoms with Crippen molar-refractivity contribution < 1.29 is 4.58 Å². The fraction of sp³-hybridized carbons (Fsp3) is 0.750. The van der Waals surface area contributed by atoms with Gasteiger partial charge in [0.1, 0.15) is 13.6 Å². The Labute approximate surface area is 43.2 Å². The highest BCUT2D eigenvalue weighted by molar-refractivity contribution is 6.54. The Hall–Kier alpha value is -0.0400. The largest absolute Gasteiger partial charge is 0.232 e. The van der Waals surface area contributed by atoms with Crippen LogP contribution in [0, 0.1) is 0 Å². The third-order valence-corrected chi connectivity index (χ3v) is 0.999. The highest BCUT2D eigenvalue weighted by atomic mass is 35.5. The molecule has 0 unspecified atom stereocenters. The minimum atomic E-state index is 0.976. The summed E-state index contributed by atoms with van der Waals surface area (Å²) in [6.07, 6.45) is 0. The molecule has 0 aromatic rings. The van der Waals surface area contributed by atoms with Crippen LogP contribution in [0.4, 0.5) is 0 Å². The fourth-order valence-electron chi connectivity index (χ4n) is 0.0690. The van der Waals surface area contributed by atoms with Crippen LogP contribution in [0.5, 0.6) is 0 Å².